The Morgan fingerprint density at radius 1 is 1.45 bits per heavy atom. The molecule has 2 heterocycles. The summed E-state index contributed by atoms with van der Waals surface area (Å²) in [7, 11) is 0. The Hall–Kier alpha value is 0.270. The Balaban J connectivity index is 1.96. The topological polar surface area (TPSA) is 15.3 Å². The van der Waals surface area contributed by atoms with Crippen LogP contribution < -0.4 is 5.32 Å². The van der Waals surface area contributed by atoms with Gasteiger partial charge in [0, 0.05) is 19.6 Å². The maximum Gasteiger partial charge on any atom is 0.0159 e. The Morgan fingerprint density at radius 3 is 2.91 bits per heavy atom. The van der Waals surface area contributed by atoms with Crippen LogP contribution in [0.1, 0.15) is 12.8 Å². The van der Waals surface area contributed by atoms with E-state index in [1.54, 1.807) is 0 Å². The van der Waals surface area contributed by atoms with Crippen LogP contribution >= 0.6 is 11.9 Å². The van der Waals surface area contributed by atoms with Gasteiger partial charge >= 0.3 is 0 Å². The van der Waals surface area contributed by atoms with Gasteiger partial charge in [0.25, 0.3) is 0 Å². The average molecular weight is 172 g/mol. The van der Waals surface area contributed by atoms with Crippen molar-refractivity contribution in [3.63, 3.8) is 0 Å². The van der Waals surface area contributed by atoms with Crippen LogP contribution in [0.4, 0.5) is 0 Å². The Bertz CT molecular complexity index is 143. The summed E-state index contributed by atoms with van der Waals surface area (Å²) in [6, 6.07) is 0. The molecule has 1 atom stereocenters. The standard InChI is InChI=1S/C8H16N2S/c1-11-10-5-3-8(7-10)2-4-9-6-8/h9H,2-7H2,1H3. The van der Waals surface area contributed by atoms with Crippen molar-refractivity contribution in [2.45, 2.75) is 12.8 Å². The number of rotatable bonds is 1. The van der Waals surface area contributed by atoms with Crippen LogP contribution in [0.2, 0.25) is 0 Å². The van der Waals surface area contributed by atoms with Crippen LogP contribution in [0, 0.1) is 5.41 Å². The molecule has 0 bridgehead atoms. The molecular weight excluding hydrogens is 156 g/mol. The van der Waals surface area contributed by atoms with Crippen molar-refractivity contribution in [3.8, 4) is 0 Å². The van der Waals surface area contributed by atoms with Crippen LogP contribution in [0.5, 0.6) is 0 Å². The molecule has 64 valence electrons. The van der Waals surface area contributed by atoms with Gasteiger partial charge in [-0.05, 0) is 31.1 Å². The van der Waals surface area contributed by atoms with E-state index in [9.17, 15) is 0 Å². The van der Waals surface area contributed by atoms with E-state index in [0.29, 0.717) is 5.41 Å². The Kier molecular flexibility index (Phi) is 2.12. The van der Waals surface area contributed by atoms with Gasteiger partial charge in [-0.25, -0.2) is 0 Å². The minimum absolute atomic E-state index is 0.656. The van der Waals surface area contributed by atoms with Gasteiger partial charge in [-0.1, -0.05) is 11.9 Å². The SMILES string of the molecule is CSN1CCC2(CCNC2)C1. The molecule has 0 aliphatic carbocycles. The smallest absolute Gasteiger partial charge is 0.0159 e. The summed E-state index contributed by atoms with van der Waals surface area (Å²) in [5, 5.41) is 3.46. The molecule has 0 amide bonds. The second-order valence-electron chi connectivity index (χ2n) is 3.72. The van der Waals surface area contributed by atoms with Crippen LogP contribution in [-0.4, -0.2) is 36.7 Å². The molecule has 2 fully saturated rings. The van der Waals surface area contributed by atoms with Crippen molar-refractivity contribution >= 4 is 11.9 Å². The molecule has 0 aromatic carbocycles. The molecule has 2 saturated heterocycles. The summed E-state index contributed by atoms with van der Waals surface area (Å²) >= 11 is 1.90. The van der Waals surface area contributed by atoms with E-state index in [0.717, 1.165) is 0 Å². The summed E-state index contributed by atoms with van der Waals surface area (Å²) in [6.07, 6.45) is 4.98. The number of hydrogen-bond donors (Lipinski definition) is 1. The molecule has 0 saturated carbocycles. The Morgan fingerprint density at radius 2 is 2.36 bits per heavy atom. The minimum atomic E-state index is 0.656. The first-order valence-electron chi connectivity index (χ1n) is 4.34. The summed E-state index contributed by atoms with van der Waals surface area (Å²) in [5.41, 5.74) is 0.656. The first-order chi connectivity index (χ1) is 5.35. The number of nitrogens with one attached hydrogen (secondary N) is 1. The second kappa shape index (κ2) is 2.96. The summed E-state index contributed by atoms with van der Waals surface area (Å²) in [4.78, 5) is 0. The van der Waals surface area contributed by atoms with E-state index >= 15 is 0 Å². The molecule has 2 aliphatic heterocycles. The van der Waals surface area contributed by atoms with E-state index < -0.39 is 0 Å². The molecule has 2 rings (SSSR count). The zero-order valence-electron chi connectivity index (χ0n) is 7.10. The van der Waals surface area contributed by atoms with Crippen molar-refractivity contribution in [2.75, 3.05) is 32.4 Å². The largest absolute Gasteiger partial charge is 0.316 e. The lowest BCUT2D eigenvalue weighted by Crippen LogP contribution is -2.26. The average Bonchev–Trinajstić information content (AvgIpc) is 2.62. The van der Waals surface area contributed by atoms with Gasteiger partial charge in [0.15, 0.2) is 0 Å². The predicted molar refractivity (Wildman–Crippen MR) is 49.6 cm³/mol. The van der Waals surface area contributed by atoms with Crippen molar-refractivity contribution in [1.82, 2.24) is 9.62 Å². The fourth-order valence-electron chi connectivity index (χ4n) is 2.19. The van der Waals surface area contributed by atoms with Gasteiger partial charge in [0.1, 0.15) is 0 Å². The molecular formula is C8H16N2S. The van der Waals surface area contributed by atoms with Gasteiger partial charge in [0.05, 0.1) is 0 Å². The van der Waals surface area contributed by atoms with E-state index in [1.165, 1.54) is 39.0 Å². The van der Waals surface area contributed by atoms with E-state index in [1.807, 2.05) is 11.9 Å². The Labute approximate surface area is 72.9 Å². The van der Waals surface area contributed by atoms with Gasteiger partial charge in [-0.15, -0.1) is 0 Å². The highest BCUT2D eigenvalue weighted by Gasteiger charge is 2.39. The molecule has 2 nitrogen and oxygen atoms in total. The van der Waals surface area contributed by atoms with Crippen molar-refractivity contribution < 1.29 is 0 Å². The zero-order chi connectivity index (χ0) is 7.73. The summed E-state index contributed by atoms with van der Waals surface area (Å²) in [6.45, 7) is 5.09. The maximum absolute atomic E-state index is 3.46. The first-order valence-corrected chi connectivity index (χ1v) is 5.53. The first kappa shape index (κ1) is 7.90. The van der Waals surface area contributed by atoms with Crippen molar-refractivity contribution in [2.24, 2.45) is 5.41 Å². The number of hydrogen-bond acceptors (Lipinski definition) is 3. The quantitative estimate of drug-likeness (QED) is 0.593. The van der Waals surface area contributed by atoms with Crippen LogP contribution in [0.3, 0.4) is 0 Å². The molecule has 2 aliphatic rings. The van der Waals surface area contributed by atoms with E-state index in [-0.39, 0.29) is 0 Å². The van der Waals surface area contributed by atoms with Crippen LogP contribution in [0.15, 0.2) is 0 Å². The monoisotopic (exact) mass is 172 g/mol. The third-order valence-corrected chi connectivity index (χ3v) is 3.82. The molecule has 3 heteroatoms. The molecule has 1 unspecified atom stereocenters. The van der Waals surface area contributed by atoms with Crippen molar-refractivity contribution in [1.29, 1.82) is 0 Å². The lowest BCUT2D eigenvalue weighted by atomic mass is 9.87. The highest BCUT2D eigenvalue weighted by molar-refractivity contribution is 7.96. The summed E-state index contributed by atoms with van der Waals surface area (Å²) < 4.78 is 2.49. The van der Waals surface area contributed by atoms with Crippen LogP contribution in [-0.2, 0) is 0 Å². The lowest BCUT2D eigenvalue weighted by Gasteiger charge is -2.21. The molecule has 0 aromatic rings. The minimum Gasteiger partial charge on any atom is -0.316 e. The van der Waals surface area contributed by atoms with E-state index in [4.69, 9.17) is 0 Å². The molecule has 0 radical (unpaired) electrons. The number of nitrogens with zero attached hydrogens (tertiary/aromatic N) is 1. The van der Waals surface area contributed by atoms with Crippen molar-refractivity contribution in [3.05, 3.63) is 0 Å². The van der Waals surface area contributed by atoms with Gasteiger partial charge in [-0.3, -0.25) is 4.31 Å². The predicted octanol–water partition coefficient (Wildman–Crippen LogP) is 0.950. The fraction of sp³-hybridized carbons (Fsp3) is 1.00. The van der Waals surface area contributed by atoms with Gasteiger partial charge < -0.3 is 5.32 Å². The van der Waals surface area contributed by atoms with E-state index in [2.05, 4.69) is 15.9 Å². The third-order valence-electron chi connectivity index (χ3n) is 2.99. The van der Waals surface area contributed by atoms with Crippen LogP contribution in [0.25, 0.3) is 0 Å². The third kappa shape index (κ3) is 1.42. The summed E-state index contributed by atoms with van der Waals surface area (Å²) in [5.74, 6) is 0. The molecule has 11 heavy (non-hydrogen) atoms. The zero-order valence-corrected chi connectivity index (χ0v) is 7.91. The molecule has 1 N–H and O–H groups in total. The normalized spacial score (nSPS) is 39.0. The lowest BCUT2D eigenvalue weighted by molar-refractivity contribution is 0.346. The van der Waals surface area contributed by atoms with Gasteiger partial charge in [-0.2, -0.15) is 0 Å². The highest BCUT2D eigenvalue weighted by Crippen LogP contribution is 2.37. The second-order valence-corrected chi connectivity index (χ2v) is 4.60. The molecule has 0 aromatic heterocycles. The fourth-order valence-corrected chi connectivity index (χ4v) is 2.87. The molecule has 1 spiro atoms. The highest BCUT2D eigenvalue weighted by atomic mass is 32.2. The maximum atomic E-state index is 3.46. The van der Waals surface area contributed by atoms with Gasteiger partial charge in [0.2, 0.25) is 0 Å².